The van der Waals surface area contributed by atoms with E-state index in [1.807, 2.05) is 0 Å². The third-order valence-corrected chi connectivity index (χ3v) is 0. The van der Waals surface area contributed by atoms with E-state index in [1.54, 1.807) is 0 Å². The maximum atomic E-state index is 0. The maximum absolute atomic E-state index is 0. The summed E-state index contributed by atoms with van der Waals surface area (Å²) in [5.41, 5.74) is 0. The Morgan fingerprint density at radius 3 is 1.00 bits per heavy atom. The molecule has 0 aromatic heterocycles. The molecule has 4 heteroatoms. The quantitative estimate of drug-likeness (QED) is 0.436. The van der Waals surface area contributed by atoms with E-state index in [9.17, 15) is 0 Å². The molecular weight excluding hydrogens is 457 g/mol. The van der Waals surface area contributed by atoms with E-state index in [2.05, 4.69) is 0 Å². The second-order valence-electron chi connectivity index (χ2n) is 0. The fourth-order valence-corrected chi connectivity index (χ4v) is 0. The van der Waals surface area contributed by atoms with Crippen molar-refractivity contribution >= 4 is 27.3 Å². The van der Waals surface area contributed by atoms with Crippen molar-refractivity contribution in [1.29, 1.82) is 0 Å². The Bertz CT molecular complexity index is 8.00. The molecule has 0 N–H and O–H groups in total. The second kappa shape index (κ2) is 16.4. The molecule has 0 bridgehead atoms. The van der Waals surface area contributed by atoms with Gasteiger partial charge in [-0.1, -0.05) is 0 Å². The van der Waals surface area contributed by atoms with Crippen LogP contribution in [-0.4, -0.2) is 27.3 Å². The Morgan fingerprint density at radius 1 is 1.00 bits per heavy atom. The molecule has 0 aromatic carbocycles. The van der Waals surface area contributed by atoms with Gasteiger partial charge in [0.2, 0.25) is 0 Å². The van der Waals surface area contributed by atoms with Gasteiger partial charge in [0.15, 0.2) is 0 Å². The molecule has 0 rings (SSSR count). The largest absolute Gasteiger partial charge is 0 e. The molecule has 4 heavy (non-hydrogen) atoms. The van der Waals surface area contributed by atoms with Crippen molar-refractivity contribution in [3.05, 3.63) is 0 Å². The molecule has 0 aliphatic carbocycles. The van der Waals surface area contributed by atoms with Crippen LogP contribution in [0.15, 0.2) is 0 Å². The Hall–Kier alpha value is 3.17. The summed E-state index contributed by atoms with van der Waals surface area (Å²) < 4.78 is 0. The van der Waals surface area contributed by atoms with Crippen LogP contribution in [0.1, 0.15) is 0 Å². The van der Waals surface area contributed by atoms with E-state index in [0.29, 0.717) is 0 Å². The summed E-state index contributed by atoms with van der Waals surface area (Å²) >= 11 is 0. The van der Waals surface area contributed by atoms with E-state index in [-0.39, 0.29) is 95.4 Å². The van der Waals surface area contributed by atoms with E-state index in [1.165, 1.54) is 0 Å². The molecule has 0 fully saturated rings. The number of hydrogen-bond donors (Lipinski definition) is 0. The summed E-state index contributed by atoms with van der Waals surface area (Å²) in [6.45, 7) is 0. The van der Waals surface area contributed by atoms with Crippen LogP contribution >= 0.6 is 0 Å². The van der Waals surface area contributed by atoms with Crippen molar-refractivity contribution in [2.45, 2.75) is 0 Å². The van der Waals surface area contributed by atoms with Gasteiger partial charge in [-0.3, -0.25) is 0 Å². The van der Waals surface area contributed by atoms with Crippen LogP contribution in [-0.2, 0) is 68.1 Å². The minimum absolute atomic E-state index is 0. The maximum Gasteiger partial charge on any atom is 0 e. The van der Waals surface area contributed by atoms with Gasteiger partial charge in [-0.2, -0.15) is 0 Å². The monoisotopic (exact) mass is 455 g/mol. The summed E-state index contributed by atoms with van der Waals surface area (Å²) in [5, 5.41) is 0. The molecule has 5 radical (unpaired) electrons. The minimum atomic E-state index is 0. The van der Waals surface area contributed by atoms with Crippen LogP contribution in [0.4, 0.5) is 0 Å². The first-order chi connectivity index (χ1) is 0. The molecule has 15 valence electrons. The van der Waals surface area contributed by atoms with Gasteiger partial charge in [0.1, 0.15) is 0 Å². The van der Waals surface area contributed by atoms with Gasteiger partial charge in [-0.05, 0) is 0 Å². The van der Waals surface area contributed by atoms with Gasteiger partial charge in [0, 0.05) is 95.4 Å². The van der Waals surface area contributed by atoms with Crippen molar-refractivity contribution in [1.82, 2.24) is 0 Å². The zero-order valence-corrected chi connectivity index (χ0v) is 13.7. The van der Waals surface area contributed by atoms with Crippen LogP contribution in [0.5, 0.6) is 0 Å². The van der Waals surface area contributed by atoms with E-state index in [0.717, 1.165) is 0 Å². The smallest absolute Gasteiger partial charge is 0 e. The molecule has 0 atom stereocenters. The first-order valence-electron chi connectivity index (χ1n) is 0. The van der Waals surface area contributed by atoms with Crippen molar-refractivity contribution in [3.8, 4) is 0 Å². The first kappa shape index (κ1) is 27.2. The molecule has 0 saturated carbocycles. The molecule has 0 spiro atoms. The van der Waals surface area contributed by atoms with Gasteiger partial charge >= 0.3 is 0 Å². The van der Waals surface area contributed by atoms with Crippen LogP contribution < -0.4 is 0 Å². The Labute approximate surface area is 93.4 Å². The third-order valence-electron chi connectivity index (χ3n) is 0. The fourth-order valence-electron chi connectivity index (χ4n) is 0. The predicted octanol–water partition coefficient (Wildman–Crippen LogP) is -0.388. The predicted molar refractivity (Wildman–Crippen MR) is 5.75 cm³/mol. The molecule has 0 amide bonds. The topological polar surface area (TPSA) is 0 Å². The normalized spacial score (nSPS) is 0. The summed E-state index contributed by atoms with van der Waals surface area (Å²) in [5.74, 6) is 0. The van der Waals surface area contributed by atoms with Gasteiger partial charge in [-0.25, -0.2) is 0 Å². The van der Waals surface area contributed by atoms with Crippen LogP contribution in [0, 0.1) is 0 Å². The Balaban J connectivity index is 0. The molecule has 0 aromatic rings. The van der Waals surface area contributed by atoms with Crippen LogP contribution in [0.25, 0.3) is 0 Å². The van der Waals surface area contributed by atoms with Crippen molar-refractivity contribution in [3.63, 3.8) is 0 Å². The summed E-state index contributed by atoms with van der Waals surface area (Å²) in [6, 6.07) is 0. The van der Waals surface area contributed by atoms with Crippen molar-refractivity contribution in [2.75, 3.05) is 0 Å². The van der Waals surface area contributed by atoms with Gasteiger partial charge in [0.05, 0.1) is 0 Å². The summed E-state index contributed by atoms with van der Waals surface area (Å²) in [4.78, 5) is 0. The third kappa shape index (κ3) is 8.95. The first-order valence-corrected chi connectivity index (χ1v) is 0. The van der Waals surface area contributed by atoms with Crippen LogP contribution in [0.2, 0.25) is 0 Å². The van der Waals surface area contributed by atoms with E-state index >= 15 is 0 Å². The average molecular weight is 457 g/mol. The zero-order chi connectivity index (χ0) is 0. The average Bonchev–Trinajstić information content (AvgIpc) is 0. The molecule has 0 aliphatic heterocycles. The number of rotatable bonds is 0. The van der Waals surface area contributed by atoms with Gasteiger partial charge in [-0.15, -0.1) is 0 Å². The van der Waals surface area contributed by atoms with Gasteiger partial charge < -0.3 is 0 Å². The van der Waals surface area contributed by atoms with E-state index < -0.39 is 0 Å². The molecule has 0 aliphatic rings. The second-order valence-corrected chi connectivity index (χ2v) is 0. The molecular formula is NbPbZnZr. The summed E-state index contributed by atoms with van der Waals surface area (Å²) in [6.07, 6.45) is 0. The van der Waals surface area contributed by atoms with E-state index in [4.69, 9.17) is 0 Å². The fraction of sp³-hybridized carbons (Fsp3) is 0. The standard InChI is InChI=1S/Nb.Pb.Zn.Zr. The molecule has 0 unspecified atom stereocenters. The summed E-state index contributed by atoms with van der Waals surface area (Å²) in [7, 11) is 0. The Morgan fingerprint density at radius 2 is 1.00 bits per heavy atom. The molecule has 0 saturated heterocycles. The van der Waals surface area contributed by atoms with Crippen molar-refractivity contribution in [2.24, 2.45) is 0 Å². The van der Waals surface area contributed by atoms with Gasteiger partial charge in [0.25, 0.3) is 0 Å². The molecule has 0 heterocycles. The van der Waals surface area contributed by atoms with Crippen LogP contribution in [0.3, 0.4) is 0 Å². The minimum Gasteiger partial charge on any atom is 0 e. The molecule has 0 nitrogen and oxygen atoms in total. The SMILES string of the molecule is [Nb].[Pb].[Zn].[Zr]. The zero-order valence-electron chi connectivity index (χ0n) is 2.15. The van der Waals surface area contributed by atoms with Crippen molar-refractivity contribution < 1.29 is 68.1 Å². The number of hydrogen-bond acceptors (Lipinski definition) is 0. The Kier molecular flexibility index (Phi) is 111.